The Hall–Kier alpha value is -2.30. The van der Waals surface area contributed by atoms with Gasteiger partial charge in [0.15, 0.2) is 0 Å². The molecule has 74 valence electrons. The summed E-state index contributed by atoms with van der Waals surface area (Å²) >= 11 is 0. The Bertz CT molecular complexity index is 593. The smallest absolute Gasteiger partial charge is 0.141 e. The number of aromatic nitrogens is 4. The van der Waals surface area contributed by atoms with Crippen molar-refractivity contribution in [2.45, 2.75) is 0 Å². The van der Waals surface area contributed by atoms with Crippen molar-refractivity contribution in [2.24, 2.45) is 0 Å². The van der Waals surface area contributed by atoms with Crippen molar-refractivity contribution in [3.8, 4) is 11.4 Å². The average Bonchev–Trinajstić information content (AvgIpc) is 2.84. The number of fused-ring (bicyclic) bond motifs is 1. The van der Waals surface area contributed by atoms with Crippen LogP contribution >= 0.6 is 0 Å². The predicted molar refractivity (Wildman–Crippen MR) is 58.1 cm³/mol. The number of benzene rings is 1. The zero-order valence-corrected chi connectivity index (χ0v) is 7.86. The van der Waals surface area contributed by atoms with Crippen LogP contribution in [-0.2, 0) is 0 Å². The minimum Gasteiger partial charge on any atom is -0.399 e. The van der Waals surface area contributed by atoms with Crippen molar-refractivity contribution in [1.29, 1.82) is 0 Å². The molecule has 0 radical (unpaired) electrons. The standard InChI is InChI=1S/C10H9N5/c11-7-1-2-8-9(3-7)15-10(14-8)6-4-12-13-5-6/h1-5H,11H2,(H,12,13)(H,14,15). The summed E-state index contributed by atoms with van der Waals surface area (Å²) in [6.45, 7) is 0. The molecule has 3 aromatic rings. The van der Waals surface area contributed by atoms with Gasteiger partial charge in [-0.25, -0.2) is 4.98 Å². The van der Waals surface area contributed by atoms with E-state index in [0.29, 0.717) is 0 Å². The minimum absolute atomic E-state index is 0.727. The fourth-order valence-corrected chi connectivity index (χ4v) is 1.54. The first-order valence-corrected chi connectivity index (χ1v) is 4.57. The highest BCUT2D eigenvalue weighted by Gasteiger charge is 2.05. The predicted octanol–water partition coefficient (Wildman–Crippen LogP) is 1.54. The number of aromatic amines is 2. The van der Waals surface area contributed by atoms with E-state index in [1.165, 1.54) is 0 Å². The van der Waals surface area contributed by atoms with E-state index in [4.69, 9.17) is 5.73 Å². The number of hydrogen-bond donors (Lipinski definition) is 3. The summed E-state index contributed by atoms with van der Waals surface area (Å²) in [6, 6.07) is 5.60. The lowest BCUT2D eigenvalue weighted by atomic mass is 10.3. The van der Waals surface area contributed by atoms with Gasteiger partial charge in [-0.05, 0) is 18.2 Å². The molecule has 5 nitrogen and oxygen atoms in total. The molecule has 5 heteroatoms. The van der Waals surface area contributed by atoms with Gasteiger partial charge in [-0.2, -0.15) is 5.10 Å². The summed E-state index contributed by atoms with van der Waals surface area (Å²) in [4.78, 5) is 7.61. The number of nitrogens with zero attached hydrogens (tertiary/aromatic N) is 2. The Kier molecular flexibility index (Phi) is 1.53. The fourth-order valence-electron chi connectivity index (χ4n) is 1.54. The molecule has 0 saturated heterocycles. The van der Waals surface area contributed by atoms with E-state index in [1.54, 1.807) is 12.4 Å². The second-order valence-corrected chi connectivity index (χ2v) is 3.35. The van der Waals surface area contributed by atoms with Gasteiger partial charge in [0.25, 0.3) is 0 Å². The van der Waals surface area contributed by atoms with E-state index in [2.05, 4.69) is 20.2 Å². The van der Waals surface area contributed by atoms with Crippen molar-refractivity contribution in [1.82, 2.24) is 20.2 Å². The summed E-state index contributed by atoms with van der Waals surface area (Å²) < 4.78 is 0. The Morgan fingerprint density at radius 1 is 1.27 bits per heavy atom. The average molecular weight is 199 g/mol. The third-order valence-corrected chi connectivity index (χ3v) is 2.28. The van der Waals surface area contributed by atoms with E-state index in [1.807, 2.05) is 18.2 Å². The molecule has 0 fully saturated rings. The third kappa shape index (κ3) is 1.25. The zero-order valence-electron chi connectivity index (χ0n) is 7.86. The topological polar surface area (TPSA) is 83.4 Å². The van der Waals surface area contributed by atoms with Gasteiger partial charge >= 0.3 is 0 Å². The van der Waals surface area contributed by atoms with Crippen molar-refractivity contribution in [2.75, 3.05) is 5.73 Å². The largest absolute Gasteiger partial charge is 0.399 e. The van der Waals surface area contributed by atoms with Crippen LogP contribution in [0, 0.1) is 0 Å². The lowest BCUT2D eigenvalue weighted by Crippen LogP contribution is -1.82. The van der Waals surface area contributed by atoms with Crippen LogP contribution in [0.3, 0.4) is 0 Å². The third-order valence-electron chi connectivity index (χ3n) is 2.28. The van der Waals surface area contributed by atoms with Crippen LogP contribution < -0.4 is 5.73 Å². The first-order valence-electron chi connectivity index (χ1n) is 4.57. The number of nitrogen functional groups attached to an aromatic ring is 1. The molecule has 0 atom stereocenters. The van der Waals surface area contributed by atoms with Gasteiger partial charge in [-0.15, -0.1) is 0 Å². The van der Waals surface area contributed by atoms with Crippen LogP contribution in [0.15, 0.2) is 30.6 Å². The molecule has 2 aromatic heterocycles. The normalized spacial score (nSPS) is 10.9. The lowest BCUT2D eigenvalue weighted by Gasteiger charge is -1.89. The molecule has 0 saturated carbocycles. The molecule has 0 bridgehead atoms. The number of rotatable bonds is 1. The van der Waals surface area contributed by atoms with E-state index in [0.717, 1.165) is 28.1 Å². The number of imidazole rings is 1. The molecule has 0 amide bonds. The molecular weight excluding hydrogens is 190 g/mol. The zero-order chi connectivity index (χ0) is 10.3. The fraction of sp³-hybridized carbons (Fsp3) is 0. The van der Waals surface area contributed by atoms with E-state index < -0.39 is 0 Å². The maximum atomic E-state index is 5.69. The Balaban J connectivity index is 2.22. The van der Waals surface area contributed by atoms with Crippen LogP contribution in [0.4, 0.5) is 5.69 Å². The number of hydrogen-bond acceptors (Lipinski definition) is 3. The van der Waals surface area contributed by atoms with Crippen LogP contribution in [0.25, 0.3) is 22.4 Å². The van der Waals surface area contributed by atoms with Crippen molar-refractivity contribution in [3.05, 3.63) is 30.6 Å². The van der Waals surface area contributed by atoms with Gasteiger partial charge in [0.05, 0.1) is 22.8 Å². The Morgan fingerprint density at radius 3 is 3.00 bits per heavy atom. The van der Waals surface area contributed by atoms with Crippen LogP contribution in [0.1, 0.15) is 0 Å². The minimum atomic E-state index is 0.727. The van der Waals surface area contributed by atoms with E-state index in [-0.39, 0.29) is 0 Å². The molecule has 0 spiro atoms. The molecule has 1 aromatic carbocycles. The van der Waals surface area contributed by atoms with Crippen molar-refractivity contribution < 1.29 is 0 Å². The number of nitrogens with one attached hydrogen (secondary N) is 2. The van der Waals surface area contributed by atoms with Crippen molar-refractivity contribution in [3.63, 3.8) is 0 Å². The van der Waals surface area contributed by atoms with Gasteiger partial charge in [0.1, 0.15) is 5.82 Å². The van der Waals surface area contributed by atoms with Crippen LogP contribution in [-0.4, -0.2) is 20.2 Å². The molecule has 0 aliphatic rings. The maximum Gasteiger partial charge on any atom is 0.141 e. The number of nitrogens with two attached hydrogens (primary N) is 1. The summed E-state index contributed by atoms with van der Waals surface area (Å²) in [5.74, 6) is 0.796. The molecule has 0 aliphatic carbocycles. The summed E-state index contributed by atoms with van der Waals surface area (Å²) in [7, 11) is 0. The molecular formula is C10H9N5. The SMILES string of the molecule is Nc1ccc2nc(-c3cn[nH]c3)[nH]c2c1. The van der Waals surface area contributed by atoms with Gasteiger partial charge < -0.3 is 10.7 Å². The van der Waals surface area contributed by atoms with Gasteiger partial charge in [-0.3, -0.25) is 5.10 Å². The molecule has 4 N–H and O–H groups in total. The molecule has 0 unspecified atom stereocenters. The molecule has 15 heavy (non-hydrogen) atoms. The van der Waals surface area contributed by atoms with Gasteiger partial charge in [0, 0.05) is 11.9 Å². The van der Waals surface area contributed by atoms with E-state index in [9.17, 15) is 0 Å². The van der Waals surface area contributed by atoms with Crippen LogP contribution in [0.2, 0.25) is 0 Å². The summed E-state index contributed by atoms with van der Waals surface area (Å²) in [6.07, 6.45) is 3.52. The second-order valence-electron chi connectivity index (χ2n) is 3.35. The quantitative estimate of drug-likeness (QED) is 0.520. The van der Waals surface area contributed by atoms with E-state index >= 15 is 0 Å². The highest BCUT2D eigenvalue weighted by molar-refractivity contribution is 5.81. The number of H-pyrrole nitrogens is 2. The Morgan fingerprint density at radius 2 is 2.20 bits per heavy atom. The van der Waals surface area contributed by atoms with Crippen molar-refractivity contribution >= 4 is 16.7 Å². The Labute approximate surface area is 85.3 Å². The maximum absolute atomic E-state index is 5.69. The highest BCUT2D eigenvalue weighted by atomic mass is 15.1. The summed E-state index contributed by atoms with van der Waals surface area (Å²) in [5.41, 5.74) is 9.19. The van der Waals surface area contributed by atoms with Crippen LogP contribution in [0.5, 0.6) is 0 Å². The summed E-state index contributed by atoms with van der Waals surface area (Å²) in [5, 5.41) is 6.63. The first-order chi connectivity index (χ1) is 7.33. The lowest BCUT2D eigenvalue weighted by molar-refractivity contribution is 1.09. The number of anilines is 1. The molecule has 3 rings (SSSR count). The highest BCUT2D eigenvalue weighted by Crippen LogP contribution is 2.20. The van der Waals surface area contributed by atoms with Gasteiger partial charge in [0.2, 0.25) is 0 Å². The van der Waals surface area contributed by atoms with Gasteiger partial charge in [-0.1, -0.05) is 0 Å². The second kappa shape index (κ2) is 2.84. The molecule has 2 heterocycles. The monoisotopic (exact) mass is 199 g/mol. The first kappa shape index (κ1) is 8.05. The molecule has 0 aliphatic heterocycles.